The lowest BCUT2D eigenvalue weighted by Crippen LogP contribution is -2.43. The Kier molecular flexibility index (Phi) is 6.36. The molecule has 1 atom stereocenters. The molecule has 0 radical (unpaired) electrons. The third-order valence-corrected chi connectivity index (χ3v) is 8.27. The zero-order valence-corrected chi connectivity index (χ0v) is 20.1. The molecule has 5 rings (SSSR count). The van der Waals surface area contributed by atoms with Crippen LogP contribution in [-0.4, -0.2) is 70.1 Å². The largest absolute Gasteiger partial charge is 0.423 e. The summed E-state index contributed by atoms with van der Waals surface area (Å²) in [6, 6.07) is 2.28. The highest BCUT2D eigenvalue weighted by atomic mass is 32.1. The van der Waals surface area contributed by atoms with Gasteiger partial charge in [-0.3, -0.25) is 14.6 Å². The molecule has 174 valence electrons. The molecule has 1 unspecified atom stereocenters. The average Bonchev–Trinajstić information content (AvgIpc) is 3.58. The normalized spacial score (nSPS) is 24.2. The van der Waals surface area contributed by atoms with E-state index in [9.17, 15) is 4.79 Å². The van der Waals surface area contributed by atoms with Crippen molar-refractivity contribution in [2.24, 2.45) is 5.41 Å². The van der Waals surface area contributed by atoms with Crippen molar-refractivity contribution in [1.82, 2.24) is 24.9 Å². The van der Waals surface area contributed by atoms with Crippen molar-refractivity contribution in [3.05, 3.63) is 34.2 Å². The molecule has 5 heterocycles. The first-order chi connectivity index (χ1) is 15.5. The predicted octanol–water partition coefficient (Wildman–Crippen LogP) is 3.91. The van der Waals surface area contributed by atoms with Crippen LogP contribution in [0.25, 0.3) is 0 Å². The van der Waals surface area contributed by atoms with Gasteiger partial charge in [0, 0.05) is 32.1 Å². The zero-order valence-electron chi connectivity index (χ0n) is 19.3. The number of carbonyl (C=O) groups excluding carboxylic acids is 1. The van der Waals surface area contributed by atoms with Crippen LogP contribution >= 0.6 is 11.3 Å². The molecule has 1 amide bonds. The molecule has 1 spiro atoms. The summed E-state index contributed by atoms with van der Waals surface area (Å²) in [5.74, 6) is 1.85. The van der Waals surface area contributed by atoms with Crippen molar-refractivity contribution in [2.45, 2.75) is 64.5 Å². The Balaban J connectivity index is 1.29. The molecule has 0 bridgehead atoms. The van der Waals surface area contributed by atoms with Gasteiger partial charge in [-0.05, 0) is 73.0 Å². The molecule has 0 aromatic carbocycles. The highest BCUT2D eigenvalue weighted by molar-refractivity contribution is 7.07. The van der Waals surface area contributed by atoms with Crippen molar-refractivity contribution in [3.63, 3.8) is 0 Å². The van der Waals surface area contributed by atoms with E-state index in [2.05, 4.69) is 50.7 Å². The number of thiophene rings is 1. The van der Waals surface area contributed by atoms with Gasteiger partial charge < -0.3 is 9.32 Å². The first-order valence-electron chi connectivity index (χ1n) is 12.1. The average molecular weight is 458 g/mol. The predicted molar refractivity (Wildman–Crippen MR) is 124 cm³/mol. The Hall–Kier alpha value is -1.77. The first-order valence-corrected chi connectivity index (χ1v) is 13.0. The molecule has 32 heavy (non-hydrogen) atoms. The fourth-order valence-corrected chi connectivity index (χ4v) is 6.26. The van der Waals surface area contributed by atoms with Crippen molar-refractivity contribution < 1.29 is 9.21 Å². The minimum atomic E-state index is 0.0463. The molecule has 3 saturated heterocycles. The molecule has 3 fully saturated rings. The Morgan fingerprint density at radius 2 is 2.00 bits per heavy atom. The number of hydrogen-bond acceptors (Lipinski definition) is 7. The Morgan fingerprint density at radius 3 is 2.66 bits per heavy atom. The van der Waals surface area contributed by atoms with Crippen LogP contribution in [0.1, 0.15) is 75.3 Å². The van der Waals surface area contributed by atoms with Crippen molar-refractivity contribution in [2.75, 3.05) is 39.3 Å². The Morgan fingerprint density at radius 1 is 1.22 bits per heavy atom. The lowest BCUT2D eigenvalue weighted by atomic mass is 9.76. The van der Waals surface area contributed by atoms with Gasteiger partial charge in [0.15, 0.2) is 0 Å². The second-order valence-electron chi connectivity index (χ2n) is 10.3. The summed E-state index contributed by atoms with van der Waals surface area (Å²) >= 11 is 1.77. The molecular weight excluding hydrogens is 422 g/mol. The van der Waals surface area contributed by atoms with Crippen molar-refractivity contribution >= 4 is 17.2 Å². The minimum absolute atomic E-state index is 0.0463. The second-order valence-corrected chi connectivity index (χ2v) is 11.0. The summed E-state index contributed by atoms with van der Waals surface area (Å²) in [4.78, 5) is 19.9. The number of piperidine rings is 1. The maximum absolute atomic E-state index is 13.0. The minimum Gasteiger partial charge on any atom is -0.423 e. The molecule has 2 aromatic heterocycles. The molecule has 0 saturated carbocycles. The molecule has 3 aliphatic rings. The van der Waals surface area contributed by atoms with E-state index in [4.69, 9.17) is 4.42 Å². The zero-order chi connectivity index (χ0) is 22.1. The van der Waals surface area contributed by atoms with Gasteiger partial charge in [-0.1, -0.05) is 13.8 Å². The topological polar surface area (TPSA) is 65.7 Å². The molecule has 2 aromatic rings. The monoisotopic (exact) mass is 457 g/mol. The Labute approximate surface area is 194 Å². The van der Waals surface area contributed by atoms with Gasteiger partial charge in [0.05, 0.1) is 12.6 Å². The number of likely N-dealkylation sites (tertiary alicyclic amines) is 3. The molecule has 3 aliphatic heterocycles. The number of rotatable bonds is 6. The van der Waals surface area contributed by atoms with E-state index >= 15 is 0 Å². The standard InChI is InChI=1S/C24H35N5O2S/c1-18(2)22-25-26-23(31-22)20-13-24(17-29(20)15-21(30)28-8-3-4-9-28)6-10-27(11-7-24)14-19-5-12-32-16-19/h5,12,16,18,20H,3-4,6-11,13-15,17H2,1-2H3. The van der Waals surface area contributed by atoms with Crippen LogP contribution in [0.2, 0.25) is 0 Å². The van der Waals surface area contributed by atoms with Crippen LogP contribution in [0.3, 0.4) is 0 Å². The fourth-order valence-electron chi connectivity index (χ4n) is 5.60. The van der Waals surface area contributed by atoms with Gasteiger partial charge in [-0.25, -0.2) is 0 Å². The summed E-state index contributed by atoms with van der Waals surface area (Å²) < 4.78 is 6.09. The lowest BCUT2D eigenvalue weighted by molar-refractivity contribution is -0.131. The Bertz CT molecular complexity index is 897. The van der Waals surface area contributed by atoms with Gasteiger partial charge in [0.1, 0.15) is 0 Å². The molecule has 0 aliphatic carbocycles. The lowest BCUT2D eigenvalue weighted by Gasteiger charge is -2.39. The number of hydrogen-bond donors (Lipinski definition) is 0. The SMILES string of the molecule is CC(C)c1nnc(C2CC3(CCN(Cc4ccsc4)CC3)CN2CC(=O)N2CCCC2)o1. The molecular formula is C24H35N5O2S. The van der Waals surface area contributed by atoms with Gasteiger partial charge in [-0.15, -0.1) is 10.2 Å². The number of amides is 1. The number of nitrogens with zero attached hydrogens (tertiary/aromatic N) is 5. The van der Waals surface area contributed by atoms with Crippen LogP contribution < -0.4 is 0 Å². The quantitative estimate of drug-likeness (QED) is 0.655. The van der Waals surface area contributed by atoms with Crippen molar-refractivity contribution in [3.8, 4) is 0 Å². The summed E-state index contributed by atoms with van der Waals surface area (Å²) in [7, 11) is 0. The van der Waals surface area contributed by atoms with Gasteiger partial charge in [0.2, 0.25) is 17.7 Å². The van der Waals surface area contributed by atoms with E-state index in [-0.39, 0.29) is 23.3 Å². The van der Waals surface area contributed by atoms with Crippen LogP contribution in [0.15, 0.2) is 21.2 Å². The summed E-state index contributed by atoms with van der Waals surface area (Å²) in [6.07, 6.45) is 5.58. The van der Waals surface area contributed by atoms with Gasteiger partial charge in [-0.2, -0.15) is 11.3 Å². The van der Waals surface area contributed by atoms with E-state index in [1.165, 1.54) is 5.56 Å². The number of aromatic nitrogens is 2. The third-order valence-electron chi connectivity index (χ3n) is 7.54. The van der Waals surface area contributed by atoms with Gasteiger partial charge >= 0.3 is 0 Å². The maximum atomic E-state index is 13.0. The third kappa shape index (κ3) is 4.63. The highest BCUT2D eigenvalue weighted by Crippen LogP contribution is 2.49. The van der Waals surface area contributed by atoms with Crippen LogP contribution in [0, 0.1) is 5.41 Å². The maximum Gasteiger partial charge on any atom is 0.236 e. The number of carbonyl (C=O) groups is 1. The van der Waals surface area contributed by atoms with E-state index in [0.717, 1.165) is 71.4 Å². The smallest absolute Gasteiger partial charge is 0.236 e. The highest BCUT2D eigenvalue weighted by Gasteiger charge is 2.48. The summed E-state index contributed by atoms with van der Waals surface area (Å²) in [6.45, 7) is 10.6. The van der Waals surface area contributed by atoms with Crippen molar-refractivity contribution in [1.29, 1.82) is 0 Å². The summed E-state index contributed by atoms with van der Waals surface area (Å²) in [5, 5.41) is 13.1. The van der Waals surface area contributed by atoms with Crippen LogP contribution in [-0.2, 0) is 11.3 Å². The van der Waals surface area contributed by atoms with E-state index in [1.807, 2.05) is 4.90 Å². The second kappa shape index (κ2) is 9.23. The van der Waals surface area contributed by atoms with E-state index in [0.29, 0.717) is 18.3 Å². The van der Waals surface area contributed by atoms with Crippen LogP contribution in [0.4, 0.5) is 0 Å². The van der Waals surface area contributed by atoms with E-state index < -0.39 is 0 Å². The first kappa shape index (κ1) is 22.0. The van der Waals surface area contributed by atoms with Crippen LogP contribution in [0.5, 0.6) is 0 Å². The van der Waals surface area contributed by atoms with Gasteiger partial charge in [0.25, 0.3) is 0 Å². The molecule has 8 heteroatoms. The fraction of sp³-hybridized carbons (Fsp3) is 0.708. The molecule has 7 nitrogen and oxygen atoms in total. The summed E-state index contributed by atoms with van der Waals surface area (Å²) in [5.41, 5.74) is 1.65. The van der Waals surface area contributed by atoms with E-state index in [1.54, 1.807) is 11.3 Å². The molecule has 0 N–H and O–H groups in total.